The summed E-state index contributed by atoms with van der Waals surface area (Å²) >= 11 is 0. The Kier molecular flexibility index (Phi) is 8.86. The molecule has 1 atom stereocenters. The van der Waals surface area contributed by atoms with E-state index in [0.717, 1.165) is 32.0 Å². The number of carbonyl (C=O) groups excluding carboxylic acids is 2. The van der Waals surface area contributed by atoms with Crippen molar-refractivity contribution in [1.82, 2.24) is 10.6 Å². The van der Waals surface area contributed by atoms with E-state index in [4.69, 9.17) is 0 Å². The lowest BCUT2D eigenvalue weighted by molar-refractivity contribution is -0.116. The van der Waals surface area contributed by atoms with Crippen LogP contribution in [0.25, 0.3) is 0 Å². The number of amides is 2. The van der Waals surface area contributed by atoms with Crippen molar-refractivity contribution in [3.63, 3.8) is 0 Å². The lowest BCUT2D eigenvalue weighted by atomic mass is 10.1. The number of anilines is 1. The van der Waals surface area contributed by atoms with Crippen molar-refractivity contribution < 1.29 is 14.0 Å². The molecule has 2 amide bonds. The van der Waals surface area contributed by atoms with Gasteiger partial charge in [-0.05, 0) is 56.0 Å². The van der Waals surface area contributed by atoms with Gasteiger partial charge in [-0.15, -0.1) is 12.4 Å². The van der Waals surface area contributed by atoms with Gasteiger partial charge in [0.15, 0.2) is 0 Å². The van der Waals surface area contributed by atoms with Crippen LogP contribution >= 0.6 is 12.4 Å². The number of benzene rings is 1. The van der Waals surface area contributed by atoms with Crippen LogP contribution in [0.4, 0.5) is 10.1 Å². The predicted molar refractivity (Wildman–Crippen MR) is 99.7 cm³/mol. The molecule has 1 saturated heterocycles. The minimum Gasteiger partial charge on any atom is -0.352 e. The minimum atomic E-state index is -0.597. The van der Waals surface area contributed by atoms with Crippen LogP contribution in [0.3, 0.4) is 0 Å². The van der Waals surface area contributed by atoms with Gasteiger partial charge < -0.3 is 16.0 Å². The second-order valence-electron chi connectivity index (χ2n) is 6.74. The van der Waals surface area contributed by atoms with E-state index in [9.17, 15) is 14.0 Å². The van der Waals surface area contributed by atoms with E-state index in [2.05, 4.69) is 16.0 Å². The van der Waals surface area contributed by atoms with Crippen LogP contribution in [0.2, 0.25) is 0 Å². The predicted octanol–water partition coefficient (Wildman–Crippen LogP) is 2.96. The molecular formula is C18H27ClFN3O2. The van der Waals surface area contributed by atoms with Gasteiger partial charge in [0.2, 0.25) is 5.91 Å². The summed E-state index contributed by atoms with van der Waals surface area (Å²) in [5, 5.41) is 8.64. The van der Waals surface area contributed by atoms with Crippen molar-refractivity contribution in [2.45, 2.75) is 33.1 Å². The molecule has 1 aromatic rings. The SMILES string of the molecule is CC(C)CC(=O)Nc1ccc(C(=O)NCCC2CCNC2)cc1F.Cl. The van der Waals surface area contributed by atoms with Crippen LogP contribution in [-0.2, 0) is 4.79 Å². The number of rotatable bonds is 7. The van der Waals surface area contributed by atoms with Crippen molar-refractivity contribution in [3.05, 3.63) is 29.6 Å². The fraction of sp³-hybridized carbons (Fsp3) is 0.556. The number of hydrogen-bond donors (Lipinski definition) is 3. The van der Waals surface area contributed by atoms with Gasteiger partial charge >= 0.3 is 0 Å². The average molecular weight is 372 g/mol. The van der Waals surface area contributed by atoms with E-state index >= 15 is 0 Å². The van der Waals surface area contributed by atoms with Crippen LogP contribution < -0.4 is 16.0 Å². The third-order valence-corrected chi connectivity index (χ3v) is 4.10. The van der Waals surface area contributed by atoms with Gasteiger partial charge in [-0.25, -0.2) is 4.39 Å². The Balaban J connectivity index is 0.00000312. The Bertz CT molecular complexity index is 590. The normalized spacial score (nSPS) is 16.4. The molecule has 1 aliphatic heterocycles. The molecule has 0 aliphatic carbocycles. The molecular weight excluding hydrogens is 345 g/mol. The highest BCUT2D eigenvalue weighted by Crippen LogP contribution is 2.17. The Morgan fingerprint density at radius 1 is 1.36 bits per heavy atom. The zero-order chi connectivity index (χ0) is 17.5. The summed E-state index contributed by atoms with van der Waals surface area (Å²) in [5.74, 6) is -0.320. The molecule has 1 aliphatic rings. The molecule has 0 spiro atoms. The fourth-order valence-corrected chi connectivity index (χ4v) is 2.78. The van der Waals surface area contributed by atoms with E-state index in [1.807, 2.05) is 13.8 Å². The molecule has 0 radical (unpaired) electrons. The zero-order valence-electron chi connectivity index (χ0n) is 14.7. The van der Waals surface area contributed by atoms with Gasteiger partial charge in [-0.1, -0.05) is 13.8 Å². The molecule has 0 saturated carbocycles. The lowest BCUT2D eigenvalue weighted by Crippen LogP contribution is -2.26. The summed E-state index contributed by atoms with van der Waals surface area (Å²) < 4.78 is 14.1. The minimum absolute atomic E-state index is 0. The van der Waals surface area contributed by atoms with E-state index < -0.39 is 5.82 Å². The molecule has 1 aromatic carbocycles. The van der Waals surface area contributed by atoms with Gasteiger partial charge in [0.1, 0.15) is 5.82 Å². The third kappa shape index (κ3) is 7.00. The Morgan fingerprint density at radius 3 is 2.72 bits per heavy atom. The fourth-order valence-electron chi connectivity index (χ4n) is 2.78. The lowest BCUT2D eigenvalue weighted by Gasteiger charge is -2.11. The summed E-state index contributed by atoms with van der Waals surface area (Å²) in [6, 6.07) is 4.13. The summed E-state index contributed by atoms with van der Waals surface area (Å²) in [7, 11) is 0. The summed E-state index contributed by atoms with van der Waals surface area (Å²) in [5.41, 5.74) is 0.369. The summed E-state index contributed by atoms with van der Waals surface area (Å²) in [4.78, 5) is 23.8. The number of halogens is 2. The van der Waals surface area contributed by atoms with Gasteiger partial charge in [0, 0.05) is 18.5 Å². The van der Waals surface area contributed by atoms with E-state index in [-0.39, 0.29) is 41.4 Å². The Morgan fingerprint density at radius 2 is 2.12 bits per heavy atom. The van der Waals surface area contributed by atoms with E-state index in [1.165, 1.54) is 12.1 Å². The smallest absolute Gasteiger partial charge is 0.251 e. The first-order chi connectivity index (χ1) is 11.5. The highest BCUT2D eigenvalue weighted by atomic mass is 35.5. The molecule has 2 rings (SSSR count). The Hall–Kier alpha value is -1.66. The second-order valence-corrected chi connectivity index (χ2v) is 6.74. The Labute approximate surface area is 154 Å². The average Bonchev–Trinajstić information content (AvgIpc) is 3.01. The third-order valence-electron chi connectivity index (χ3n) is 4.10. The number of hydrogen-bond acceptors (Lipinski definition) is 3. The molecule has 5 nitrogen and oxygen atoms in total. The molecule has 1 unspecified atom stereocenters. The second kappa shape index (κ2) is 10.4. The molecule has 7 heteroatoms. The van der Waals surface area contributed by atoms with Crippen LogP contribution in [0.1, 0.15) is 43.5 Å². The number of nitrogens with one attached hydrogen (secondary N) is 3. The number of carbonyl (C=O) groups is 2. The van der Waals surface area contributed by atoms with Crippen molar-refractivity contribution in [2.24, 2.45) is 11.8 Å². The van der Waals surface area contributed by atoms with Crippen LogP contribution in [-0.4, -0.2) is 31.4 Å². The monoisotopic (exact) mass is 371 g/mol. The van der Waals surface area contributed by atoms with Crippen molar-refractivity contribution in [2.75, 3.05) is 25.0 Å². The van der Waals surface area contributed by atoms with Crippen LogP contribution in [0.5, 0.6) is 0 Å². The summed E-state index contributed by atoms with van der Waals surface area (Å²) in [6.45, 7) is 6.46. The molecule has 1 heterocycles. The van der Waals surface area contributed by atoms with Crippen molar-refractivity contribution >= 4 is 29.9 Å². The van der Waals surface area contributed by atoms with Gasteiger partial charge in [0.25, 0.3) is 5.91 Å². The molecule has 25 heavy (non-hydrogen) atoms. The maximum Gasteiger partial charge on any atom is 0.251 e. The highest BCUT2D eigenvalue weighted by molar-refractivity contribution is 5.96. The largest absolute Gasteiger partial charge is 0.352 e. The molecule has 0 aromatic heterocycles. The van der Waals surface area contributed by atoms with Crippen LogP contribution in [0.15, 0.2) is 18.2 Å². The molecule has 1 fully saturated rings. The van der Waals surface area contributed by atoms with Crippen LogP contribution in [0, 0.1) is 17.7 Å². The topological polar surface area (TPSA) is 70.2 Å². The van der Waals surface area contributed by atoms with Gasteiger partial charge in [-0.2, -0.15) is 0 Å². The molecule has 0 bridgehead atoms. The van der Waals surface area contributed by atoms with Gasteiger partial charge in [0.05, 0.1) is 5.69 Å². The molecule has 3 N–H and O–H groups in total. The molecule has 140 valence electrons. The summed E-state index contributed by atoms with van der Waals surface area (Å²) in [6.07, 6.45) is 2.39. The van der Waals surface area contributed by atoms with Gasteiger partial charge in [-0.3, -0.25) is 9.59 Å². The maximum atomic E-state index is 14.1. The first-order valence-electron chi connectivity index (χ1n) is 8.54. The quantitative estimate of drug-likeness (QED) is 0.690. The van der Waals surface area contributed by atoms with E-state index in [1.54, 1.807) is 0 Å². The first-order valence-corrected chi connectivity index (χ1v) is 8.54. The first kappa shape index (κ1) is 21.4. The zero-order valence-corrected chi connectivity index (χ0v) is 15.5. The van der Waals surface area contributed by atoms with E-state index in [0.29, 0.717) is 18.9 Å². The highest BCUT2D eigenvalue weighted by Gasteiger charge is 2.15. The van der Waals surface area contributed by atoms with Crippen molar-refractivity contribution in [3.8, 4) is 0 Å². The maximum absolute atomic E-state index is 14.1. The van der Waals surface area contributed by atoms with Crippen molar-refractivity contribution in [1.29, 1.82) is 0 Å². The standard InChI is InChI=1S/C18H26FN3O2.ClH/c1-12(2)9-17(23)22-16-4-3-14(10-15(16)19)18(24)21-8-6-13-5-7-20-11-13;/h3-4,10,12-13,20H,5-9,11H2,1-2H3,(H,21,24)(H,22,23);1H.